The van der Waals surface area contributed by atoms with E-state index in [-0.39, 0.29) is 0 Å². The molecule has 1 saturated carbocycles. The molecule has 2 unspecified atom stereocenters. The monoisotopic (exact) mass is 408 g/mol. The number of rotatable bonds is 6. The maximum Gasteiger partial charge on any atom is 0.350 e. The second-order valence-corrected chi connectivity index (χ2v) is 8.27. The van der Waals surface area contributed by atoms with Crippen molar-refractivity contribution < 1.29 is 32.6 Å². The Bertz CT molecular complexity index is 933. The summed E-state index contributed by atoms with van der Waals surface area (Å²) in [5, 5.41) is 13.7. The van der Waals surface area contributed by atoms with Gasteiger partial charge in [0.2, 0.25) is 0 Å². The number of nitrogen functional groups attached to an aromatic ring is 1. The molecule has 2 fully saturated rings. The van der Waals surface area contributed by atoms with Crippen LogP contribution in [0.3, 0.4) is 0 Å². The van der Waals surface area contributed by atoms with Crippen LogP contribution < -0.4 is 11.4 Å². The molecule has 0 bridgehead atoms. The highest BCUT2D eigenvalue weighted by Crippen LogP contribution is 2.64. The first-order valence-corrected chi connectivity index (χ1v) is 9.53. The Labute approximate surface area is 149 Å². The van der Waals surface area contributed by atoms with Gasteiger partial charge in [-0.2, -0.15) is 4.98 Å². The number of azide groups is 1. The van der Waals surface area contributed by atoms with Gasteiger partial charge in [0.15, 0.2) is 17.3 Å². The molecule has 2 aliphatic rings. The largest absolute Gasteiger partial charge is 0.386 e. The molecule has 0 aromatic carbocycles. The number of nitrogens with zero attached hydrogens (tertiary/aromatic N) is 5. The zero-order chi connectivity index (χ0) is 20.2. The van der Waals surface area contributed by atoms with E-state index < -0.39 is 67.6 Å². The Morgan fingerprint density at radius 1 is 1.67 bits per heavy atom. The van der Waals surface area contributed by atoms with Gasteiger partial charge in [0.05, 0.1) is 13.2 Å². The molecule has 6 atom stereocenters. The van der Waals surface area contributed by atoms with Crippen molar-refractivity contribution in [3.05, 3.63) is 32.9 Å². The van der Waals surface area contributed by atoms with Crippen LogP contribution in [0.15, 0.2) is 16.1 Å². The van der Waals surface area contributed by atoms with E-state index in [1.807, 2.05) is 0 Å². The fourth-order valence-corrected chi connectivity index (χ4v) is 3.66. The lowest BCUT2D eigenvalue weighted by Gasteiger charge is -2.34. The van der Waals surface area contributed by atoms with Crippen molar-refractivity contribution in [2.24, 2.45) is 5.11 Å². The normalized spacial score (nSPS) is 36.6. The SMILES string of the molecule is CP(=O)(O)OC[C@@]1(CN=[N+]=[N-])O[C@H]2C(n3cc(F)c(N)nc3=O)[C@]2(F)[C@@H]1O. The third-order valence-electron chi connectivity index (χ3n) is 4.53. The van der Waals surface area contributed by atoms with E-state index in [1.54, 1.807) is 0 Å². The van der Waals surface area contributed by atoms with Gasteiger partial charge >= 0.3 is 13.3 Å². The van der Waals surface area contributed by atoms with E-state index in [4.69, 9.17) is 20.5 Å². The predicted octanol–water partition coefficient (Wildman–Crippen LogP) is -0.132. The molecule has 12 nitrogen and oxygen atoms in total. The van der Waals surface area contributed by atoms with Crippen molar-refractivity contribution in [3.8, 4) is 0 Å². The van der Waals surface area contributed by atoms with Crippen LogP contribution in [0.25, 0.3) is 10.4 Å². The van der Waals surface area contributed by atoms with E-state index >= 15 is 4.39 Å². The van der Waals surface area contributed by atoms with Crippen molar-refractivity contribution in [1.29, 1.82) is 0 Å². The molecule has 0 spiro atoms. The molecule has 0 radical (unpaired) electrons. The van der Waals surface area contributed by atoms with Crippen molar-refractivity contribution in [1.82, 2.24) is 9.55 Å². The van der Waals surface area contributed by atoms with Crippen molar-refractivity contribution in [3.63, 3.8) is 0 Å². The molecular weight excluding hydrogens is 393 g/mol. The fraction of sp³-hybridized carbons (Fsp3) is 0.667. The van der Waals surface area contributed by atoms with Crippen LogP contribution in [0.5, 0.6) is 0 Å². The maximum atomic E-state index is 15.3. The molecule has 1 aliphatic heterocycles. The zero-order valence-corrected chi connectivity index (χ0v) is 14.7. The minimum absolute atomic E-state index is 0.606. The number of alkyl halides is 1. The number of fused-ring (bicyclic) bond motifs is 1. The van der Waals surface area contributed by atoms with Gasteiger partial charge in [-0.1, -0.05) is 5.11 Å². The van der Waals surface area contributed by atoms with Crippen molar-refractivity contribution in [2.75, 3.05) is 25.6 Å². The predicted molar refractivity (Wildman–Crippen MR) is 85.1 cm³/mol. The van der Waals surface area contributed by atoms with E-state index in [1.165, 1.54) is 0 Å². The Morgan fingerprint density at radius 3 is 2.85 bits per heavy atom. The summed E-state index contributed by atoms with van der Waals surface area (Å²) in [5.41, 5.74) is 8.10. The number of aliphatic hydroxyl groups is 1. The third kappa shape index (κ3) is 3.10. The summed E-state index contributed by atoms with van der Waals surface area (Å²) in [6, 6.07) is -1.41. The molecule has 0 amide bonds. The standard InChI is InChI=1S/C12H15F2N6O6P/c1-27(23,24)25-4-11(3-17-19-16)9(21)12(14)6(7(12)26-11)20-2-5(13)8(15)18-10(20)22/h2,6-7,9,21H,3-4H2,1H3,(H,23,24)(H2,15,18,22)/t6?,7-,9+,11+,12+/m0/s1. The summed E-state index contributed by atoms with van der Waals surface area (Å²) in [7, 11) is -4.02. The van der Waals surface area contributed by atoms with E-state index in [0.29, 0.717) is 10.8 Å². The van der Waals surface area contributed by atoms with Crippen LogP contribution in [0, 0.1) is 5.82 Å². The first-order chi connectivity index (χ1) is 12.5. The van der Waals surface area contributed by atoms with Crippen molar-refractivity contribution >= 4 is 13.4 Å². The number of halogens is 2. The molecular formula is C12H15F2N6O6P. The average molecular weight is 408 g/mol. The number of anilines is 1. The highest BCUT2D eigenvalue weighted by molar-refractivity contribution is 7.51. The zero-order valence-electron chi connectivity index (χ0n) is 13.8. The molecule has 1 aliphatic carbocycles. The van der Waals surface area contributed by atoms with Gasteiger partial charge in [-0.15, -0.1) is 0 Å². The van der Waals surface area contributed by atoms with Crippen LogP contribution in [0.1, 0.15) is 6.04 Å². The number of aliphatic hydroxyl groups excluding tert-OH is 1. The second-order valence-electron chi connectivity index (χ2n) is 6.41. The molecule has 1 aromatic heterocycles. The maximum absolute atomic E-state index is 15.3. The molecule has 1 aromatic rings. The number of ether oxygens (including phenoxy) is 1. The minimum Gasteiger partial charge on any atom is -0.386 e. The summed E-state index contributed by atoms with van der Waals surface area (Å²) in [6.45, 7) is -0.495. The topological polar surface area (TPSA) is 186 Å². The number of nitrogens with two attached hydrogens (primary N) is 1. The summed E-state index contributed by atoms with van der Waals surface area (Å²) in [6.07, 6.45) is -2.79. The Kier molecular flexibility index (Phi) is 4.54. The first-order valence-electron chi connectivity index (χ1n) is 7.51. The number of hydrogen-bond acceptors (Lipinski definition) is 8. The Hall–Kier alpha value is -2.08. The lowest BCUT2D eigenvalue weighted by atomic mass is 9.93. The van der Waals surface area contributed by atoms with Gasteiger partial charge in [-0.25, -0.2) is 13.6 Å². The Morgan fingerprint density at radius 2 is 2.33 bits per heavy atom. The summed E-state index contributed by atoms with van der Waals surface area (Å²) < 4.78 is 51.1. The van der Waals surface area contributed by atoms with Crippen LogP contribution in [0.4, 0.5) is 14.6 Å². The molecule has 4 N–H and O–H groups in total. The van der Waals surface area contributed by atoms with E-state index in [9.17, 15) is 23.7 Å². The quantitative estimate of drug-likeness (QED) is 0.251. The molecule has 27 heavy (non-hydrogen) atoms. The second kappa shape index (κ2) is 6.23. The summed E-state index contributed by atoms with van der Waals surface area (Å²) >= 11 is 0. The molecule has 148 valence electrons. The van der Waals surface area contributed by atoms with Crippen LogP contribution in [0.2, 0.25) is 0 Å². The van der Waals surface area contributed by atoms with Gasteiger partial charge in [0, 0.05) is 17.8 Å². The van der Waals surface area contributed by atoms with Crippen LogP contribution >= 0.6 is 7.60 Å². The van der Waals surface area contributed by atoms with Gasteiger partial charge < -0.3 is 25.0 Å². The van der Waals surface area contributed by atoms with E-state index in [2.05, 4.69) is 15.0 Å². The van der Waals surface area contributed by atoms with Gasteiger partial charge in [-0.05, 0) is 5.53 Å². The molecule has 15 heteroatoms. The molecule has 3 rings (SSSR count). The molecule has 1 saturated heterocycles. The highest BCUT2D eigenvalue weighted by atomic mass is 31.2. The number of hydrogen-bond donors (Lipinski definition) is 3. The average Bonchev–Trinajstić information content (AvgIpc) is 3.09. The Balaban J connectivity index is 1.92. The number of aromatic nitrogens is 2. The third-order valence-corrected chi connectivity index (χ3v) is 5.14. The summed E-state index contributed by atoms with van der Waals surface area (Å²) in [4.78, 5) is 26.9. The minimum atomic E-state index is -4.02. The lowest BCUT2D eigenvalue weighted by molar-refractivity contribution is -0.120. The summed E-state index contributed by atoms with van der Waals surface area (Å²) in [5.74, 6) is -1.72. The van der Waals surface area contributed by atoms with Gasteiger partial charge in [0.25, 0.3) is 0 Å². The van der Waals surface area contributed by atoms with Gasteiger partial charge in [0.1, 0.15) is 23.9 Å². The van der Waals surface area contributed by atoms with Crippen molar-refractivity contribution in [2.45, 2.75) is 29.5 Å². The molecule has 2 heterocycles. The van der Waals surface area contributed by atoms with Gasteiger partial charge in [-0.3, -0.25) is 9.13 Å². The first kappa shape index (κ1) is 19.7. The highest BCUT2D eigenvalue weighted by Gasteiger charge is 2.83. The smallest absolute Gasteiger partial charge is 0.350 e. The lowest BCUT2D eigenvalue weighted by Crippen LogP contribution is -2.53. The van der Waals surface area contributed by atoms with Crippen LogP contribution in [-0.4, -0.2) is 62.8 Å². The fourth-order valence-electron chi connectivity index (χ4n) is 3.20. The van der Waals surface area contributed by atoms with Crippen LogP contribution in [-0.2, 0) is 13.8 Å². The van der Waals surface area contributed by atoms with E-state index in [0.717, 1.165) is 6.66 Å².